The molecule has 35 heavy (non-hydrogen) atoms. The molecular weight excluding hydrogens is 495 g/mol. The zero-order valence-corrected chi connectivity index (χ0v) is 20.4. The Balaban J connectivity index is 1.56. The average molecular weight is 517 g/mol. The van der Waals surface area contributed by atoms with Crippen molar-refractivity contribution in [2.24, 2.45) is 5.10 Å². The molecule has 3 aromatic carbocycles. The number of hydrazone groups is 1. The van der Waals surface area contributed by atoms with Crippen molar-refractivity contribution in [3.8, 4) is 23.0 Å². The normalized spacial score (nSPS) is 10.6. The summed E-state index contributed by atoms with van der Waals surface area (Å²) < 4.78 is 21.5. The highest BCUT2D eigenvalue weighted by Crippen LogP contribution is 2.29. The van der Waals surface area contributed by atoms with E-state index >= 15 is 0 Å². The van der Waals surface area contributed by atoms with E-state index in [1.807, 2.05) is 6.92 Å². The lowest BCUT2D eigenvalue weighted by atomic mass is 10.2. The van der Waals surface area contributed by atoms with E-state index < -0.39 is 11.9 Å². The molecule has 1 N–H and O–H groups in total. The summed E-state index contributed by atoms with van der Waals surface area (Å²) in [5.41, 5.74) is 3.32. The fourth-order valence-corrected chi connectivity index (χ4v) is 3.27. The van der Waals surface area contributed by atoms with Gasteiger partial charge in [-0.05, 0) is 73.2 Å². The molecule has 0 aliphatic rings. The van der Waals surface area contributed by atoms with Crippen molar-refractivity contribution >= 4 is 41.3 Å². The van der Waals surface area contributed by atoms with Crippen LogP contribution in [0.1, 0.15) is 22.8 Å². The third kappa shape index (κ3) is 7.63. The van der Waals surface area contributed by atoms with Crippen molar-refractivity contribution in [3.05, 3.63) is 81.8 Å². The molecule has 0 fully saturated rings. The Labute approximate surface area is 212 Å². The third-order valence-electron chi connectivity index (χ3n) is 4.45. The molecule has 1 amide bonds. The summed E-state index contributed by atoms with van der Waals surface area (Å²) in [6.45, 7) is 2.12. The molecule has 10 heteroatoms. The first-order chi connectivity index (χ1) is 16.9. The second-order valence-corrected chi connectivity index (χ2v) is 7.76. The van der Waals surface area contributed by atoms with Crippen LogP contribution < -0.4 is 24.4 Å². The third-order valence-corrected chi connectivity index (χ3v) is 4.98. The fraction of sp³-hybridized carbons (Fsp3) is 0.160. The van der Waals surface area contributed by atoms with Gasteiger partial charge in [0.1, 0.15) is 11.5 Å². The van der Waals surface area contributed by atoms with Gasteiger partial charge in [-0.2, -0.15) is 5.10 Å². The number of methoxy groups -OCH3 is 1. The number of benzene rings is 3. The lowest BCUT2D eigenvalue weighted by Gasteiger charge is -2.10. The Morgan fingerprint density at radius 2 is 1.69 bits per heavy atom. The Bertz CT molecular complexity index is 1220. The first-order valence-electron chi connectivity index (χ1n) is 10.4. The number of nitrogens with one attached hydrogen (secondary N) is 1. The van der Waals surface area contributed by atoms with Crippen LogP contribution in [-0.2, 0) is 4.79 Å². The number of halogens is 2. The number of esters is 1. The van der Waals surface area contributed by atoms with Crippen molar-refractivity contribution in [3.63, 3.8) is 0 Å². The van der Waals surface area contributed by atoms with Crippen molar-refractivity contribution < 1.29 is 28.5 Å². The molecular formula is C25H22Cl2N2O6. The standard InChI is InChI=1S/C25H22Cl2N2O6/c1-3-33-19-8-5-17(6-9-19)25(31)35-22-10-4-16(12-23(22)32-2)14-28-29-24(30)15-34-21-11-7-18(26)13-20(21)27/h4-14H,3,15H2,1-2H3,(H,29,30)/b28-14-. The van der Waals surface area contributed by atoms with Crippen LogP contribution in [0.15, 0.2) is 65.8 Å². The summed E-state index contributed by atoms with van der Waals surface area (Å²) in [4.78, 5) is 24.4. The fourth-order valence-electron chi connectivity index (χ4n) is 2.81. The van der Waals surface area contributed by atoms with Gasteiger partial charge < -0.3 is 18.9 Å². The molecule has 8 nitrogen and oxygen atoms in total. The van der Waals surface area contributed by atoms with E-state index in [0.717, 1.165) is 0 Å². The van der Waals surface area contributed by atoms with Crippen molar-refractivity contribution in [2.75, 3.05) is 20.3 Å². The summed E-state index contributed by atoms with van der Waals surface area (Å²) in [6, 6.07) is 16.1. The summed E-state index contributed by atoms with van der Waals surface area (Å²) in [6.07, 6.45) is 1.41. The zero-order valence-electron chi connectivity index (χ0n) is 18.9. The van der Waals surface area contributed by atoms with Gasteiger partial charge in [0.15, 0.2) is 18.1 Å². The first-order valence-corrected chi connectivity index (χ1v) is 11.2. The minimum atomic E-state index is -0.541. The van der Waals surface area contributed by atoms with Gasteiger partial charge in [0.05, 0.1) is 30.5 Å². The molecule has 0 bridgehead atoms. The van der Waals surface area contributed by atoms with Gasteiger partial charge in [0, 0.05) is 5.02 Å². The lowest BCUT2D eigenvalue weighted by Crippen LogP contribution is -2.24. The molecule has 0 aliphatic carbocycles. The van der Waals surface area contributed by atoms with Gasteiger partial charge in [-0.3, -0.25) is 4.79 Å². The van der Waals surface area contributed by atoms with Crippen LogP contribution in [0, 0.1) is 0 Å². The second-order valence-electron chi connectivity index (χ2n) is 6.91. The van der Waals surface area contributed by atoms with Gasteiger partial charge in [0.25, 0.3) is 5.91 Å². The highest BCUT2D eigenvalue weighted by Gasteiger charge is 2.13. The monoisotopic (exact) mass is 516 g/mol. The molecule has 0 atom stereocenters. The van der Waals surface area contributed by atoms with Crippen molar-refractivity contribution in [2.45, 2.75) is 6.92 Å². The largest absolute Gasteiger partial charge is 0.494 e. The van der Waals surface area contributed by atoms with E-state index in [1.165, 1.54) is 19.4 Å². The number of rotatable bonds is 10. The highest BCUT2D eigenvalue weighted by molar-refractivity contribution is 6.35. The minimum absolute atomic E-state index is 0.237. The maximum absolute atomic E-state index is 12.5. The van der Waals surface area contributed by atoms with Gasteiger partial charge >= 0.3 is 5.97 Å². The maximum atomic E-state index is 12.5. The van der Waals surface area contributed by atoms with Crippen LogP contribution in [0.3, 0.4) is 0 Å². The summed E-state index contributed by atoms with van der Waals surface area (Å²) >= 11 is 11.8. The molecule has 0 saturated carbocycles. The molecule has 0 heterocycles. The molecule has 0 spiro atoms. The predicted octanol–water partition coefficient (Wildman–Crippen LogP) is 5.15. The van der Waals surface area contributed by atoms with Crippen LogP contribution in [0.5, 0.6) is 23.0 Å². The van der Waals surface area contributed by atoms with Crippen LogP contribution in [0.4, 0.5) is 0 Å². The number of ether oxygens (including phenoxy) is 4. The van der Waals surface area contributed by atoms with E-state index in [2.05, 4.69) is 10.5 Å². The Morgan fingerprint density at radius 1 is 0.943 bits per heavy atom. The van der Waals surface area contributed by atoms with E-state index in [4.69, 9.17) is 42.1 Å². The topological polar surface area (TPSA) is 95.5 Å². The van der Waals surface area contributed by atoms with Gasteiger partial charge in [-0.1, -0.05) is 23.2 Å². The van der Waals surface area contributed by atoms with Gasteiger partial charge in [-0.25, -0.2) is 10.2 Å². The van der Waals surface area contributed by atoms with Crippen molar-refractivity contribution in [1.29, 1.82) is 0 Å². The number of carbonyl (C=O) groups is 2. The first kappa shape index (κ1) is 25.9. The van der Waals surface area contributed by atoms with E-state index in [0.29, 0.717) is 45.0 Å². The molecule has 3 rings (SSSR count). The van der Waals surface area contributed by atoms with Crippen LogP contribution in [0.2, 0.25) is 10.0 Å². The quantitative estimate of drug-likeness (QED) is 0.173. The van der Waals surface area contributed by atoms with Crippen molar-refractivity contribution in [1.82, 2.24) is 5.43 Å². The molecule has 182 valence electrons. The molecule has 0 aliphatic heterocycles. The summed E-state index contributed by atoms with van der Waals surface area (Å²) in [7, 11) is 1.45. The lowest BCUT2D eigenvalue weighted by molar-refractivity contribution is -0.123. The Kier molecular flexibility index (Phi) is 9.34. The SMILES string of the molecule is CCOc1ccc(C(=O)Oc2ccc(/C=N\NC(=O)COc3ccc(Cl)cc3Cl)cc2OC)cc1. The zero-order chi connectivity index (χ0) is 25.2. The minimum Gasteiger partial charge on any atom is -0.494 e. The molecule has 0 saturated heterocycles. The van der Waals surface area contributed by atoms with Gasteiger partial charge in [-0.15, -0.1) is 0 Å². The summed E-state index contributed by atoms with van der Waals surface area (Å²) in [5.74, 6) is 0.523. The van der Waals surface area contributed by atoms with E-state index in [-0.39, 0.29) is 12.4 Å². The number of nitrogens with zero attached hydrogens (tertiary/aromatic N) is 1. The molecule has 3 aromatic rings. The van der Waals surface area contributed by atoms with E-state index in [9.17, 15) is 9.59 Å². The predicted molar refractivity (Wildman–Crippen MR) is 133 cm³/mol. The van der Waals surface area contributed by atoms with Crippen LogP contribution in [0.25, 0.3) is 0 Å². The molecule has 0 unspecified atom stereocenters. The second kappa shape index (κ2) is 12.6. The molecule has 0 aromatic heterocycles. The van der Waals surface area contributed by atoms with Crippen LogP contribution in [-0.4, -0.2) is 38.4 Å². The number of carbonyl (C=O) groups excluding carboxylic acids is 2. The Hall–Kier alpha value is -3.75. The molecule has 0 radical (unpaired) electrons. The average Bonchev–Trinajstić information content (AvgIpc) is 2.85. The Morgan fingerprint density at radius 3 is 2.37 bits per heavy atom. The summed E-state index contributed by atoms with van der Waals surface area (Å²) in [5, 5.41) is 4.65. The van der Waals surface area contributed by atoms with Gasteiger partial charge in [0.2, 0.25) is 0 Å². The smallest absolute Gasteiger partial charge is 0.343 e. The number of hydrogen-bond acceptors (Lipinski definition) is 7. The number of hydrogen-bond donors (Lipinski definition) is 1. The van der Waals surface area contributed by atoms with E-state index in [1.54, 1.807) is 54.6 Å². The van der Waals surface area contributed by atoms with Crippen LogP contribution >= 0.6 is 23.2 Å². The number of amides is 1. The highest BCUT2D eigenvalue weighted by atomic mass is 35.5. The maximum Gasteiger partial charge on any atom is 0.343 e.